The molecule has 0 aromatic heterocycles. The molecule has 1 amide bonds. The lowest BCUT2D eigenvalue weighted by molar-refractivity contribution is -0.367. The Balaban J connectivity index is 3.23. The van der Waals surface area contributed by atoms with Gasteiger partial charge in [-0.1, -0.05) is 124 Å². The molecule has 0 aromatic rings. The normalized spacial score (nSPS) is 27.1. The largest absolute Gasteiger partial charge is 0.394 e. The Hall–Kier alpha value is -0.730. The zero-order chi connectivity index (χ0) is 29.0. The number of carbonyl (C=O) groups is 1. The number of unbranched alkanes of at least 4 members (excludes halogenated alkanes) is 15. The summed E-state index contributed by atoms with van der Waals surface area (Å²) in [5.41, 5.74) is -1.29. The summed E-state index contributed by atoms with van der Waals surface area (Å²) in [5, 5.41) is 35.8. The molecule has 0 saturated carbocycles. The smallest absolute Gasteiger partial charge is 0.217 e. The fraction of sp³-hybridized carbons (Fsp3) is 0.969. The lowest BCUT2D eigenvalue weighted by Crippen LogP contribution is -2.79. The van der Waals surface area contributed by atoms with E-state index in [2.05, 4.69) is 26.1 Å². The second-order valence-corrected chi connectivity index (χ2v) is 11.8. The van der Waals surface area contributed by atoms with E-state index in [9.17, 15) is 20.1 Å². The van der Waals surface area contributed by atoms with Crippen molar-refractivity contribution >= 4 is 5.91 Å². The van der Waals surface area contributed by atoms with Crippen molar-refractivity contribution in [2.45, 2.75) is 186 Å². The van der Waals surface area contributed by atoms with Gasteiger partial charge in [0, 0.05) is 13.3 Å². The number of carbonyl (C=O) groups excluding carboxylic acids is 1. The Bertz CT molecular complexity index is 619. The minimum atomic E-state index is -1.32. The first-order valence-electron chi connectivity index (χ1n) is 16.4. The number of aliphatic hydroxyl groups excluding tert-OH is 3. The topological polar surface area (TPSA) is 108 Å². The van der Waals surface area contributed by atoms with E-state index >= 15 is 0 Å². The Morgan fingerprint density at radius 1 is 0.744 bits per heavy atom. The fourth-order valence-electron chi connectivity index (χ4n) is 6.13. The average molecular weight is 558 g/mol. The van der Waals surface area contributed by atoms with Gasteiger partial charge in [-0.15, -0.1) is 0 Å². The van der Waals surface area contributed by atoms with Crippen molar-refractivity contribution in [2.75, 3.05) is 13.2 Å². The summed E-state index contributed by atoms with van der Waals surface area (Å²) in [5.74, 6) is -1.60. The summed E-state index contributed by atoms with van der Waals surface area (Å²) in [4.78, 5) is 12.6. The van der Waals surface area contributed by atoms with E-state index in [0.717, 1.165) is 64.2 Å². The van der Waals surface area contributed by atoms with Gasteiger partial charge in [0.1, 0.15) is 23.9 Å². The number of hydrogen-bond donors (Lipinski definition) is 4. The molecule has 0 spiro atoms. The van der Waals surface area contributed by atoms with Crippen LogP contribution in [0.15, 0.2) is 0 Å². The summed E-state index contributed by atoms with van der Waals surface area (Å²) < 4.78 is 13.1. The second kappa shape index (κ2) is 21.0. The number of rotatable bonds is 24. The molecule has 232 valence electrons. The maximum absolute atomic E-state index is 12.6. The molecule has 39 heavy (non-hydrogen) atoms. The summed E-state index contributed by atoms with van der Waals surface area (Å²) in [6.07, 6.45) is 16.9. The van der Waals surface area contributed by atoms with Crippen LogP contribution in [-0.2, 0) is 14.3 Å². The number of ether oxygens (including phenoxy) is 2. The van der Waals surface area contributed by atoms with Crippen LogP contribution in [0.25, 0.3) is 0 Å². The van der Waals surface area contributed by atoms with E-state index in [4.69, 9.17) is 9.47 Å². The van der Waals surface area contributed by atoms with Crippen molar-refractivity contribution in [3.8, 4) is 0 Å². The molecule has 5 atom stereocenters. The molecule has 1 aliphatic rings. The molecule has 0 aliphatic carbocycles. The molecule has 4 N–H and O–H groups in total. The van der Waals surface area contributed by atoms with E-state index in [1.807, 2.05) is 0 Å². The van der Waals surface area contributed by atoms with Crippen LogP contribution < -0.4 is 5.32 Å². The highest BCUT2D eigenvalue weighted by molar-refractivity contribution is 5.74. The zero-order valence-electron chi connectivity index (χ0n) is 25.9. The van der Waals surface area contributed by atoms with Gasteiger partial charge < -0.3 is 30.1 Å². The standard InChI is InChI=1S/C32H63NO6/c1-5-8-11-14-17-20-23-31(33-27(4)35)30(37)29(36)28(26-34)39-32(31,24-21-18-15-12-9-6-2)38-25-22-19-16-13-10-7-3/h28-30,34,36-37H,5-26H2,1-4H3,(H,33,35)/t28-,29+,30+,31-,32?/m1/s1. The van der Waals surface area contributed by atoms with Gasteiger partial charge in [0.25, 0.3) is 0 Å². The maximum Gasteiger partial charge on any atom is 0.217 e. The Morgan fingerprint density at radius 2 is 1.21 bits per heavy atom. The molecule has 0 aromatic carbocycles. The fourth-order valence-corrected chi connectivity index (χ4v) is 6.13. The number of amides is 1. The summed E-state index contributed by atoms with van der Waals surface area (Å²) in [6.45, 7) is 8.07. The van der Waals surface area contributed by atoms with Crippen molar-refractivity contribution in [1.82, 2.24) is 5.32 Å². The maximum atomic E-state index is 12.6. The Labute approximate surface area is 239 Å². The van der Waals surface area contributed by atoms with Crippen LogP contribution >= 0.6 is 0 Å². The molecule has 1 aliphatic heterocycles. The van der Waals surface area contributed by atoms with E-state index < -0.39 is 36.2 Å². The zero-order valence-corrected chi connectivity index (χ0v) is 25.9. The van der Waals surface area contributed by atoms with Gasteiger partial charge in [-0.05, 0) is 19.3 Å². The molecule has 7 nitrogen and oxygen atoms in total. The molecule has 7 heteroatoms. The van der Waals surface area contributed by atoms with Crippen molar-refractivity contribution < 1.29 is 29.6 Å². The third kappa shape index (κ3) is 12.0. The number of hydrogen-bond acceptors (Lipinski definition) is 6. The molecule has 1 saturated heterocycles. The van der Waals surface area contributed by atoms with Crippen LogP contribution in [0.1, 0.15) is 156 Å². The van der Waals surface area contributed by atoms with Crippen molar-refractivity contribution in [3.63, 3.8) is 0 Å². The van der Waals surface area contributed by atoms with E-state index in [1.165, 1.54) is 58.3 Å². The molecule has 1 unspecified atom stereocenters. The van der Waals surface area contributed by atoms with E-state index in [1.54, 1.807) is 0 Å². The first-order chi connectivity index (χ1) is 18.8. The summed E-state index contributed by atoms with van der Waals surface area (Å²) in [6, 6.07) is 0. The van der Waals surface area contributed by atoms with Crippen LogP contribution in [-0.4, -0.2) is 64.1 Å². The first kappa shape index (κ1) is 36.3. The van der Waals surface area contributed by atoms with Gasteiger partial charge in [0.2, 0.25) is 5.91 Å². The van der Waals surface area contributed by atoms with Crippen molar-refractivity contribution in [1.29, 1.82) is 0 Å². The van der Waals surface area contributed by atoms with E-state index in [-0.39, 0.29) is 5.91 Å². The lowest BCUT2D eigenvalue weighted by atomic mass is 9.71. The van der Waals surface area contributed by atoms with Crippen LogP contribution in [0, 0.1) is 0 Å². The van der Waals surface area contributed by atoms with E-state index in [0.29, 0.717) is 19.4 Å². The quantitative estimate of drug-likeness (QED) is 0.100. The summed E-state index contributed by atoms with van der Waals surface area (Å²) >= 11 is 0. The number of nitrogens with one attached hydrogen (secondary N) is 1. The van der Waals surface area contributed by atoms with Crippen molar-refractivity contribution in [2.24, 2.45) is 0 Å². The van der Waals surface area contributed by atoms with Gasteiger partial charge in [0.15, 0.2) is 5.79 Å². The predicted molar refractivity (Wildman–Crippen MR) is 159 cm³/mol. The minimum absolute atomic E-state index is 0.284. The highest BCUT2D eigenvalue weighted by Crippen LogP contribution is 2.46. The Kier molecular flexibility index (Phi) is 19.6. The second-order valence-electron chi connectivity index (χ2n) is 11.8. The number of aliphatic hydroxyl groups is 3. The third-order valence-corrected chi connectivity index (χ3v) is 8.43. The summed E-state index contributed by atoms with van der Waals surface area (Å²) in [7, 11) is 0. The average Bonchev–Trinajstić information content (AvgIpc) is 2.92. The van der Waals surface area contributed by atoms with Gasteiger partial charge in [-0.3, -0.25) is 4.79 Å². The van der Waals surface area contributed by atoms with Crippen LogP contribution in [0.2, 0.25) is 0 Å². The van der Waals surface area contributed by atoms with Crippen LogP contribution in [0.5, 0.6) is 0 Å². The highest BCUT2D eigenvalue weighted by atomic mass is 16.7. The third-order valence-electron chi connectivity index (χ3n) is 8.43. The minimum Gasteiger partial charge on any atom is -0.394 e. The lowest BCUT2D eigenvalue weighted by Gasteiger charge is -2.58. The van der Waals surface area contributed by atoms with Crippen LogP contribution in [0.3, 0.4) is 0 Å². The molecule has 1 fully saturated rings. The molecular weight excluding hydrogens is 494 g/mol. The molecular formula is C32H63NO6. The molecule has 1 heterocycles. The molecule has 0 bridgehead atoms. The predicted octanol–water partition coefficient (Wildman–Crippen LogP) is 6.55. The van der Waals surface area contributed by atoms with Gasteiger partial charge >= 0.3 is 0 Å². The molecule has 1 rings (SSSR count). The van der Waals surface area contributed by atoms with Gasteiger partial charge in [-0.2, -0.15) is 0 Å². The highest BCUT2D eigenvalue weighted by Gasteiger charge is 2.64. The Morgan fingerprint density at radius 3 is 1.69 bits per heavy atom. The SMILES string of the molecule is CCCCCCCCOC1(CCCCCCCC)O[C@H](CO)[C@H](O)[C@H](O)[C@@]1(CCCCCCCC)NC(C)=O. The van der Waals surface area contributed by atoms with Crippen LogP contribution in [0.4, 0.5) is 0 Å². The van der Waals surface area contributed by atoms with Gasteiger partial charge in [-0.25, -0.2) is 0 Å². The monoisotopic (exact) mass is 557 g/mol. The van der Waals surface area contributed by atoms with Gasteiger partial charge in [0.05, 0.1) is 13.2 Å². The molecule has 0 radical (unpaired) electrons. The van der Waals surface area contributed by atoms with Crippen molar-refractivity contribution in [3.05, 3.63) is 0 Å². The first-order valence-corrected chi connectivity index (χ1v) is 16.4.